The molecule has 17 heavy (non-hydrogen) atoms. The zero-order chi connectivity index (χ0) is 12.6. The van der Waals surface area contributed by atoms with Crippen LogP contribution in [0.5, 0.6) is 0 Å². The topological polar surface area (TPSA) is 38.7 Å². The Labute approximate surface area is 106 Å². The monoisotopic (exact) mass is 244 g/mol. The van der Waals surface area contributed by atoms with E-state index in [4.69, 9.17) is 14.6 Å². The Morgan fingerprint density at radius 2 is 1.35 bits per heavy atom. The molecule has 0 heterocycles. The van der Waals surface area contributed by atoms with Crippen LogP contribution >= 0.6 is 0 Å². The third-order valence-corrected chi connectivity index (χ3v) is 2.66. The minimum Gasteiger partial charge on any atom is -0.379 e. The van der Waals surface area contributed by atoms with Gasteiger partial charge in [0.2, 0.25) is 0 Å². The second-order valence-corrected chi connectivity index (χ2v) is 4.20. The van der Waals surface area contributed by atoms with Crippen LogP contribution in [0.15, 0.2) is 12.7 Å². The van der Waals surface area contributed by atoms with Crippen molar-refractivity contribution in [3.05, 3.63) is 12.7 Å². The van der Waals surface area contributed by atoms with E-state index in [1.165, 1.54) is 38.5 Å². The van der Waals surface area contributed by atoms with Crippen molar-refractivity contribution in [2.24, 2.45) is 0 Å². The Kier molecular flexibility index (Phi) is 15.3. The molecule has 0 aliphatic carbocycles. The lowest BCUT2D eigenvalue weighted by atomic mass is 10.1. The summed E-state index contributed by atoms with van der Waals surface area (Å²) in [5.41, 5.74) is 0. The molecule has 3 nitrogen and oxygen atoms in total. The van der Waals surface area contributed by atoms with Gasteiger partial charge >= 0.3 is 0 Å². The molecule has 0 unspecified atom stereocenters. The van der Waals surface area contributed by atoms with Crippen molar-refractivity contribution >= 4 is 0 Å². The molecule has 102 valence electrons. The Morgan fingerprint density at radius 3 is 2.00 bits per heavy atom. The van der Waals surface area contributed by atoms with E-state index < -0.39 is 0 Å². The molecule has 0 aromatic rings. The van der Waals surface area contributed by atoms with Gasteiger partial charge in [0.25, 0.3) is 0 Å². The van der Waals surface area contributed by atoms with Crippen LogP contribution in [0, 0.1) is 0 Å². The fourth-order valence-corrected chi connectivity index (χ4v) is 1.66. The lowest BCUT2D eigenvalue weighted by molar-refractivity contribution is -0.0295. The molecular formula is C14H28O3. The number of unbranched alkanes of at least 4 members (excludes halogenated alkanes) is 7. The number of aliphatic hydroxyl groups is 1. The molecule has 0 fully saturated rings. The zero-order valence-corrected chi connectivity index (χ0v) is 11.0. The number of hydrogen-bond donors (Lipinski definition) is 1. The van der Waals surface area contributed by atoms with Gasteiger partial charge in [0.05, 0.1) is 13.2 Å². The van der Waals surface area contributed by atoms with E-state index in [1.54, 1.807) is 0 Å². The standard InChI is InChI=1S/C14H28O3/c1-2-3-4-5-6-7-8-9-10-11-16-12-13-17-14-15/h2,15H,1,3-14H2. The van der Waals surface area contributed by atoms with Crippen LogP contribution in [0.4, 0.5) is 0 Å². The second kappa shape index (κ2) is 15.6. The molecule has 0 bridgehead atoms. The minimum atomic E-state index is -0.213. The lowest BCUT2D eigenvalue weighted by Crippen LogP contribution is -2.05. The molecule has 0 atom stereocenters. The van der Waals surface area contributed by atoms with Crippen LogP contribution in [-0.4, -0.2) is 31.7 Å². The summed E-state index contributed by atoms with van der Waals surface area (Å²) in [7, 11) is 0. The van der Waals surface area contributed by atoms with Crippen molar-refractivity contribution in [3.8, 4) is 0 Å². The van der Waals surface area contributed by atoms with Crippen molar-refractivity contribution in [2.75, 3.05) is 26.6 Å². The van der Waals surface area contributed by atoms with Gasteiger partial charge < -0.3 is 14.6 Å². The van der Waals surface area contributed by atoms with Crippen LogP contribution in [0.2, 0.25) is 0 Å². The molecule has 0 amide bonds. The van der Waals surface area contributed by atoms with E-state index >= 15 is 0 Å². The van der Waals surface area contributed by atoms with Gasteiger partial charge in [0.15, 0.2) is 0 Å². The summed E-state index contributed by atoms with van der Waals surface area (Å²) in [5.74, 6) is 0. The Morgan fingerprint density at radius 1 is 0.765 bits per heavy atom. The van der Waals surface area contributed by atoms with E-state index in [0.29, 0.717) is 13.2 Å². The third kappa shape index (κ3) is 15.6. The molecule has 0 aliphatic rings. The van der Waals surface area contributed by atoms with Crippen molar-refractivity contribution in [1.29, 1.82) is 0 Å². The molecule has 1 N–H and O–H groups in total. The summed E-state index contributed by atoms with van der Waals surface area (Å²) < 4.78 is 10.1. The maximum atomic E-state index is 8.36. The van der Waals surface area contributed by atoms with Crippen molar-refractivity contribution in [3.63, 3.8) is 0 Å². The fourth-order valence-electron chi connectivity index (χ4n) is 1.66. The molecule has 0 aromatic heterocycles. The van der Waals surface area contributed by atoms with Crippen LogP contribution in [0.3, 0.4) is 0 Å². The van der Waals surface area contributed by atoms with Gasteiger partial charge in [-0.15, -0.1) is 6.58 Å². The average molecular weight is 244 g/mol. The maximum absolute atomic E-state index is 8.36. The third-order valence-electron chi connectivity index (χ3n) is 2.66. The second-order valence-electron chi connectivity index (χ2n) is 4.20. The molecule has 0 radical (unpaired) electrons. The van der Waals surface area contributed by atoms with Crippen molar-refractivity contribution in [2.45, 2.75) is 51.4 Å². The number of allylic oxidation sites excluding steroid dienone is 1. The van der Waals surface area contributed by atoms with Crippen LogP contribution < -0.4 is 0 Å². The molecule has 0 rings (SSSR count). The van der Waals surface area contributed by atoms with E-state index in [-0.39, 0.29) is 6.79 Å². The molecule has 0 spiro atoms. The Bertz CT molecular complexity index is 148. The van der Waals surface area contributed by atoms with E-state index in [0.717, 1.165) is 19.4 Å². The first-order chi connectivity index (χ1) is 8.41. The Hall–Kier alpha value is -0.380. The van der Waals surface area contributed by atoms with Gasteiger partial charge in [-0.25, -0.2) is 0 Å². The average Bonchev–Trinajstić information content (AvgIpc) is 2.35. The van der Waals surface area contributed by atoms with Gasteiger partial charge in [-0.2, -0.15) is 0 Å². The number of hydrogen-bond acceptors (Lipinski definition) is 3. The minimum absolute atomic E-state index is 0.213. The molecular weight excluding hydrogens is 216 g/mol. The fraction of sp³-hybridized carbons (Fsp3) is 0.857. The van der Waals surface area contributed by atoms with Crippen LogP contribution in [-0.2, 0) is 9.47 Å². The number of aliphatic hydroxyl groups excluding tert-OH is 1. The highest BCUT2D eigenvalue weighted by Crippen LogP contribution is 2.08. The summed E-state index contributed by atoms with van der Waals surface area (Å²) in [6.45, 7) is 5.39. The largest absolute Gasteiger partial charge is 0.379 e. The summed E-state index contributed by atoms with van der Waals surface area (Å²) in [6.07, 6.45) is 12.2. The predicted octanol–water partition coefficient (Wildman–Crippen LogP) is 3.28. The summed E-state index contributed by atoms with van der Waals surface area (Å²) in [4.78, 5) is 0. The van der Waals surface area contributed by atoms with Gasteiger partial charge in [-0.05, 0) is 19.3 Å². The van der Waals surface area contributed by atoms with Gasteiger partial charge in [0.1, 0.15) is 6.79 Å². The van der Waals surface area contributed by atoms with Gasteiger partial charge in [-0.1, -0.05) is 38.2 Å². The highest BCUT2D eigenvalue weighted by molar-refractivity contribution is 4.65. The molecule has 0 aromatic carbocycles. The first-order valence-corrected chi connectivity index (χ1v) is 6.79. The van der Waals surface area contributed by atoms with Gasteiger partial charge in [0, 0.05) is 6.61 Å². The number of rotatable bonds is 14. The first kappa shape index (κ1) is 16.6. The smallest absolute Gasteiger partial charge is 0.143 e. The predicted molar refractivity (Wildman–Crippen MR) is 71.0 cm³/mol. The Balaban J connectivity index is 2.87. The SMILES string of the molecule is C=CCCCCCCCCCOCCOCO. The molecule has 0 saturated heterocycles. The first-order valence-electron chi connectivity index (χ1n) is 6.79. The molecule has 0 saturated carbocycles. The molecule has 0 aliphatic heterocycles. The van der Waals surface area contributed by atoms with Gasteiger partial charge in [-0.3, -0.25) is 0 Å². The lowest BCUT2D eigenvalue weighted by Gasteiger charge is -2.04. The van der Waals surface area contributed by atoms with Crippen LogP contribution in [0.1, 0.15) is 51.4 Å². The highest BCUT2D eigenvalue weighted by Gasteiger charge is 1.92. The zero-order valence-electron chi connectivity index (χ0n) is 11.0. The summed E-state index contributed by atoms with van der Waals surface area (Å²) in [6, 6.07) is 0. The van der Waals surface area contributed by atoms with Crippen molar-refractivity contribution in [1.82, 2.24) is 0 Å². The van der Waals surface area contributed by atoms with E-state index in [2.05, 4.69) is 6.58 Å². The van der Waals surface area contributed by atoms with E-state index in [1.807, 2.05) is 6.08 Å². The quantitative estimate of drug-likeness (QED) is 0.289. The normalized spacial score (nSPS) is 10.6. The summed E-state index contributed by atoms with van der Waals surface area (Å²) in [5, 5.41) is 8.36. The van der Waals surface area contributed by atoms with Crippen molar-refractivity contribution < 1.29 is 14.6 Å². The highest BCUT2D eigenvalue weighted by atomic mass is 16.6. The van der Waals surface area contributed by atoms with E-state index in [9.17, 15) is 0 Å². The summed E-state index contributed by atoms with van der Waals surface area (Å²) >= 11 is 0. The number of ether oxygens (including phenoxy) is 2. The molecule has 3 heteroatoms. The maximum Gasteiger partial charge on any atom is 0.143 e. The van der Waals surface area contributed by atoms with Crippen LogP contribution in [0.25, 0.3) is 0 Å².